The van der Waals surface area contributed by atoms with Crippen LogP contribution in [0.4, 0.5) is 0 Å². The number of carbonyl (C=O) groups is 1. The van der Waals surface area contributed by atoms with Crippen LogP contribution in [0, 0.1) is 0 Å². The highest BCUT2D eigenvalue weighted by molar-refractivity contribution is 5.96. The Hall–Kier alpha value is -1.71. The van der Waals surface area contributed by atoms with Gasteiger partial charge in [-0.05, 0) is 25.1 Å². The van der Waals surface area contributed by atoms with Crippen LogP contribution in [0.15, 0.2) is 24.3 Å². The van der Waals surface area contributed by atoms with E-state index in [-0.39, 0.29) is 11.7 Å². The summed E-state index contributed by atoms with van der Waals surface area (Å²) >= 11 is 0. The predicted molar refractivity (Wildman–Crippen MR) is 119 cm³/mol. The molecule has 0 saturated carbocycles. The number of benzene rings is 1. The summed E-state index contributed by atoms with van der Waals surface area (Å²) < 4.78 is 0. The van der Waals surface area contributed by atoms with E-state index in [1.54, 1.807) is 18.2 Å². The van der Waals surface area contributed by atoms with E-state index in [4.69, 9.17) is 11.5 Å². The molecule has 0 heterocycles. The molecule has 8 nitrogen and oxygen atoms in total. The molecule has 0 aliphatic carbocycles. The van der Waals surface area contributed by atoms with Crippen molar-refractivity contribution < 1.29 is 9.90 Å². The van der Waals surface area contributed by atoms with Crippen LogP contribution in [0.25, 0.3) is 0 Å². The maximum Gasteiger partial charge on any atom is 0.255 e. The van der Waals surface area contributed by atoms with Gasteiger partial charge in [-0.1, -0.05) is 25.5 Å². The van der Waals surface area contributed by atoms with Crippen molar-refractivity contribution in [3.8, 4) is 5.75 Å². The van der Waals surface area contributed by atoms with Crippen LogP contribution < -0.4 is 22.1 Å². The van der Waals surface area contributed by atoms with Crippen molar-refractivity contribution >= 4 is 5.91 Å². The fraction of sp³-hybridized carbons (Fsp3) is 0.667. The highest BCUT2D eigenvalue weighted by atomic mass is 16.3. The van der Waals surface area contributed by atoms with Gasteiger partial charge in [0.25, 0.3) is 5.91 Å². The lowest BCUT2D eigenvalue weighted by Gasteiger charge is -2.27. The molecule has 0 saturated heterocycles. The van der Waals surface area contributed by atoms with Crippen molar-refractivity contribution in [3.05, 3.63) is 29.8 Å². The van der Waals surface area contributed by atoms with E-state index in [9.17, 15) is 9.90 Å². The molecule has 1 rings (SSSR count). The summed E-state index contributed by atoms with van der Waals surface area (Å²) in [4.78, 5) is 17.0. The smallest absolute Gasteiger partial charge is 0.255 e. The molecule has 0 unspecified atom stereocenters. The zero-order valence-electron chi connectivity index (χ0n) is 17.9. The second-order valence-corrected chi connectivity index (χ2v) is 7.14. The highest BCUT2D eigenvalue weighted by Gasteiger charge is 2.12. The van der Waals surface area contributed by atoms with Gasteiger partial charge in [-0.15, -0.1) is 0 Å². The molecule has 1 aromatic rings. The third-order valence-corrected chi connectivity index (χ3v) is 4.79. The van der Waals surface area contributed by atoms with E-state index in [2.05, 4.69) is 27.4 Å². The molecule has 7 N–H and O–H groups in total. The van der Waals surface area contributed by atoms with Gasteiger partial charge in [-0.3, -0.25) is 9.69 Å². The summed E-state index contributed by atoms with van der Waals surface area (Å²) in [5.74, 6) is -0.259. The molecule has 0 fully saturated rings. The minimum absolute atomic E-state index is 0.00127. The number of hydrogen-bond acceptors (Lipinski definition) is 7. The second-order valence-electron chi connectivity index (χ2n) is 7.14. The van der Waals surface area contributed by atoms with Crippen LogP contribution in [0.3, 0.4) is 0 Å². The zero-order valence-corrected chi connectivity index (χ0v) is 17.9. The van der Waals surface area contributed by atoms with Gasteiger partial charge in [0.2, 0.25) is 0 Å². The predicted octanol–water partition coefficient (Wildman–Crippen LogP) is 0.0331. The van der Waals surface area contributed by atoms with Gasteiger partial charge in [0, 0.05) is 65.4 Å². The molecule has 0 radical (unpaired) electrons. The van der Waals surface area contributed by atoms with Crippen LogP contribution in [0.1, 0.15) is 30.1 Å². The van der Waals surface area contributed by atoms with Crippen LogP contribution in [-0.2, 0) is 0 Å². The summed E-state index contributed by atoms with van der Waals surface area (Å²) in [5.41, 5.74) is 11.6. The lowest BCUT2D eigenvalue weighted by atomic mass is 10.2. The maximum absolute atomic E-state index is 12.2. The monoisotopic (exact) mass is 408 g/mol. The van der Waals surface area contributed by atoms with Crippen molar-refractivity contribution in [3.63, 3.8) is 0 Å². The quantitative estimate of drug-likeness (QED) is 0.231. The van der Waals surface area contributed by atoms with Gasteiger partial charge in [0.15, 0.2) is 0 Å². The Morgan fingerprint density at radius 3 is 2.28 bits per heavy atom. The Kier molecular flexibility index (Phi) is 14.1. The third kappa shape index (κ3) is 11.2. The first-order valence-corrected chi connectivity index (χ1v) is 10.7. The average molecular weight is 409 g/mol. The van der Waals surface area contributed by atoms with Crippen LogP contribution in [0.5, 0.6) is 5.75 Å². The molecule has 1 aromatic carbocycles. The SMILES string of the molecule is CCCCN(CCNCCN)CCN(CCN)CCNC(=O)c1ccccc1O. The Bertz CT molecular complexity index is 558. The number of amides is 1. The van der Waals surface area contributed by atoms with Crippen molar-refractivity contribution in [2.24, 2.45) is 11.5 Å². The summed E-state index contributed by atoms with van der Waals surface area (Å²) in [7, 11) is 0. The standard InChI is InChI=1S/C21H40N6O2/c1-2-3-13-26(15-11-24-10-8-22)17-18-27(14-9-23)16-12-25-21(29)19-6-4-5-7-20(19)28/h4-7,24,28H,2-3,8-18,22-23H2,1H3,(H,25,29). The fourth-order valence-corrected chi connectivity index (χ4v) is 3.07. The van der Waals surface area contributed by atoms with Gasteiger partial charge < -0.3 is 32.1 Å². The van der Waals surface area contributed by atoms with E-state index in [0.717, 1.165) is 52.4 Å². The summed E-state index contributed by atoms with van der Waals surface area (Å²) in [6.45, 7) is 11.2. The number of hydrogen-bond donors (Lipinski definition) is 5. The Morgan fingerprint density at radius 2 is 1.62 bits per heavy atom. The topological polar surface area (TPSA) is 120 Å². The molecule has 0 aliphatic heterocycles. The number of phenolic OH excluding ortho intramolecular Hbond substituents is 1. The fourth-order valence-electron chi connectivity index (χ4n) is 3.07. The highest BCUT2D eigenvalue weighted by Crippen LogP contribution is 2.14. The zero-order chi connectivity index (χ0) is 21.3. The van der Waals surface area contributed by atoms with Crippen molar-refractivity contribution in [1.29, 1.82) is 0 Å². The lowest BCUT2D eigenvalue weighted by molar-refractivity contribution is 0.0944. The number of carbonyl (C=O) groups excluding carboxylic acids is 1. The molecular formula is C21H40N6O2. The second kappa shape index (κ2) is 16.1. The normalized spacial score (nSPS) is 11.3. The first kappa shape index (κ1) is 25.3. The average Bonchev–Trinajstić information content (AvgIpc) is 2.72. The minimum atomic E-state index is -0.258. The number of aromatic hydroxyl groups is 1. The van der Waals surface area contributed by atoms with Gasteiger partial charge in [0.05, 0.1) is 5.56 Å². The molecular weight excluding hydrogens is 368 g/mol. The molecule has 0 bridgehead atoms. The summed E-state index contributed by atoms with van der Waals surface area (Å²) in [6, 6.07) is 6.57. The van der Waals surface area contributed by atoms with Crippen molar-refractivity contribution in [2.75, 3.05) is 72.0 Å². The number of nitrogens with one attached hydrogen (secondary N) is 2. The molecule has 0 aliphatic rings. The van der Waals surface area contributed by atoms with Gasteiger partial charge in [0.1, 0.15) is 5.75 Å². The van der Waals surface area contributed by atoms with E-state index >= 15 is 0 Å². The molecule has 29 heavy (non-hydrogen) atoms. The molecule has 166 valence electrons. The van der Waals surface area contributed by atoms with Gasteiger partial charge in [-0.2, -0.15) is 0 Å². The van der Waals surface area contributed by atoms with Crippen LogP contribution in [0.2, 0.25) is 0 Å². The van der Waals surface area contributed by atoms with Gasteiger partial charge >= 0.3 is 0 Å². The lowest BCUT2D eigenvalue weighted by Crippen LogP contribution is -2.43. The van der Waals surface area contributed by atoms with Crippen molar-refractivity contribution in [1.82, 2.24) is 20.4 Å². The molecule has 0 atom stereocenters. The Labute approximate surface area is 175 Å². The van der Waals surface area contributed by atoms with E-state index in [0.29, 0.717) is 25.2 Å². The number of rotatable bonds is 17. The third-order valence-electron chi connectivity index (χ3n) is 4.79. The molecule has 0 spiro atoms. The first-order valence-electron chi connectivity index (χ1n) is 10.7. The number of nitrogens with two attached hydrogens (primary N) is 2. The molecule has 8 heteroatoms. The van der Waals surface area contributed by atoms with Crippen molar-refractivity contribution in [2.45, 2.75) is 19.8 Å². The summed E-state index contributed by atoms with van der Waals surface area (Å²) in [6.07, 6.45) is 2.36. The van der Waals surface area contributed by atoms with E-state index in [1.807, 2.05) is 0 Å². The van der Waals surface area contributed by atoms with E-state index in [1.165, 1.54) is 18.9 Å². The number of phenols is 1. The number of nitrogens with zero attached hydrogens (tertiary/aromatic N) is 2. The van der Waals surface area contributed by atoms with Crippen LogP contribution in [-0.4, -0.2) is 92.8 Å². The number of unbranched alkanes of at least 4 members (excludes halogenated alkanes) is 1. The van der Waals surface area contributed by atoms with E-state index < -0.39 is 0 Å². The Morgan fingerprint density at radius 1 is 0.931 bits per heavy atom. The number of para-hydroxylation sites is 1. The largest absolute Gasteiger partial charge is 0.507 e. The van der Waals surface area contributed by atoms with Crippen LogP contribution >= 0.6 is 0 Å². The molecule has 0 aromatic heterocycles. The first-order chi connectivity index (χ1) is 14.1. The Balaban J connectivity index is 2.42. The maximum atomic E-state index is 12.2. The summed E-state index contributed by atoms with van der Waals surface area (Å²) in [5, 5.41) is 16.0. The van der Waals surface area contributed by atoms with Gasteiger partial charge in [-0.25, -0.2) is 0 Å². The molecule has 1 amide bonds. The minimum Gasteiger partial charge on any atom is -0.507 e.